The maximum absolute atomic E-state index is 5.96. The number of aryl methyl sites for hydroxylation is 1. The smallest absolute Gasteiger partial charge is 0.162 e. The van der Waals surface area contributed by atoms with Gasteiger partial charge in [0, 0.05) is 24.9 Å². The van der Waals surface area contributed by atoms with Crippen molar-refractivity contribution < 1.29 is 4.74 Å². The van der Waals surface area contributed by atoms with Gasteiger partial charge in [0.05, 0.1) is 0 Å². The first kappa shape index (κ1) is 16.2. The molecule has 0 unspecified atom stereocenters. The van der Waals surface area contributed by atoms with Crippen LogP contribution < -0.4 is 5.32 Å². The van der Waals surface area contributed by atoms with Crippen LogP contribution in [-0.4, -0.2) is 23.6 Å². The Labute approximate surface area is 128 Å². The van der Waals surface area contributed by atoms with Gasteiger partial charge in [0.1, 0.15) is 11.4 Å². The summed E-state index contributed by atoms with van der Waals surface area (Å²) in [6.07, 6.45) is 7.96. The van der Waals surface area contributed by atoms with Crippen molar-refractivity contribution in [1.29, 1.82) is 0 Å². The molecule has 21 heavy (non-hydrogen) atoms. The molecule has 4 nitrogen and oxygen atoms in total. The Morgan fingerprint density at radius 1 is 1.10 bits per heavy atom. The highest BCUT2D eigenvalue weighted by Gasteiger charge is 2.36. The maximum atomic E-state index is 5.96. The Kier molecular flexibility index (Phi) is 5.57. The lowest BCUT2D eigenvalue weighted by Gasteiger charge is -2.30. The van der Waals surface area contributed by atoms with E-state index in [1.54, 1.807) is 0 Å². The summed E-state index contributed by atoms with van der Waals surface area (Å²) in [5, 5.41) is 3.38. The van der Waals surface area contributed by atoms with Gasteiger partial charge in [-0.3, -0.25) is 0 Å². The molecule has 1 aliphatic carbocycles. The van der Waals surface area contributed by atoms with Gasteiger partial charge < -0.3 is 10.1 Å². The molecule has 118 valence electrons. The topological polar surface area (TPSA) is 47.0 Å². The molecule has 0 atom stereocenters. The van der Waals surface area contributed by atoms with E-state index >= 15 is 0 Å². The number of nitrogens with one attached hydrogen (secondary N) is 1. The van der Waals surface area contributed by atoms with Gasteiger partial charge in [0.25, 0.3) is 0 Å². The zero-order valence-electron chi connectivity index (χ0n) is 14.0. The van der Waals surface area contributed by atoms with Crippen molar-refractivity contribution in [2.75, 3.05) is 19.0 Å². The molecule has 1 saturated carbocycles. The second kappa shape index (κ2) is 7.21. The normalized spacial score (nSPS) is 18.3. The zero-order chi connectivity index (χ0) is 15.3. The van der Waals surface area contributed by atoms with Crippen LogP contribution in [0.5, 0.6) is 0 Å². The van der Waals surface area contributed by atoms with Gasteiger partial charge in [0.15, 0.2) is 5.82 Å². The quantitative estimate of drug-likeness (QED) is 0.834. The van der Waals surface area contributed by atoms with Gasteiger partial charge in [-0.2, -0.15) is 0 Å². The van der Waals surface area contributed by atoms with Gasteiger partial charge in [0.2, 0.25) is 0 Å². The average molecular weight is 291 g/mol. The minimum absolute atomic E-state index is 0.293. The van der Waals surface area contributed by atoms with Crippen LogP contribution in [0.2, 0.25) is 0 Å². The third-order valence-corrected chi connectivity index (χ3v) is 4.64. The Morgan fingerprint density at radius 3 is 2.29 bits per heavy atom. The number of anilines is 1. The van der Waals surface area contributed by atoms with Crippen LogP contribution >= 0.6 is 0 Å². The predicted molar refractivity (Wildman–Crippen MR) is 86.7 cm³/mol. The molecule has 1 heterocycles. The van der Waals surface area contributed by atoms with Gasteiger partial charge in [-0.05, 0) is 33.1 Å². The van der Waals surface area contributed by atoms with E-state index in [0.717, 1.165) is 43.1 Å². The van der Waals surface area contributed by atoms with Crippen molar-refractivity contribution in [2.45, 2.75) is 71.3 Å². The van der Waals surface area contributed by atoms with Crippen molar-refractivity contribution in [3.05, 3.63) is 17.1 Å². The summed E-state index contributed by atoms with van der Waals surface area (Å²) in [7, 11) is 1.81. The zero-order valence-corrected chi connectivity index (χ0v) is 14.0. The molecule has 0 saturated heterocycles. The van der Waals surface area contributed by atoms with E-state index in [4.69, 9.17) is 14.7 Å². The molecule has 2 rings (SSSR count). The number of nitrogens with zero attached hydrogens (tertiary/aromatic N) is 2. The Morgan fingerprint density at radius 2 is 1.76 bits per heavy atom. The number of aromatic nitrogens is 2. The van der Waals surface area contributed by atoms with E-state index in [0.29, 0.717) is 0 Å². The average Bonchev–Trinajstić information content (AvgIpc) is 2.76. The molecular formula is C17H29N3O. The lowest BCUT2D eigenvalue weighted by molar-refractivity contribution is -0.0352. The first-order valence-corrected chi connectivity index (χ1v) is 8.34. The molecule has 0 amide bonds. The third-order valence-electron chi connectivity index (χ3n) is 4.64. The van der Waals surface area contributed by atoms with E-state index in [2.05, 4.69) is 26.1 Å². The summed E-state index contributed by atoms with van der Waals surface area (Å²) >= 11 is 0. The van der Waals surface area contributed by atoms with Crippen LogP contribution in [0.3, 0.4) is 0 Å². The maximum Gasteiger partial charge on any atom is 0.162 e. The molecule has 0 radical (unpaired) electrons. The summed E-state index contributed by atoms with van der Waals surface area (Å²) in [5.41, 5.74) is 2.01. The highest BCUT2D eigenvalue weighted by molar-refractivity contribution is 5.46. The predicted octanol–water partition coefficient (Wildman–Crippen LogP) is 3.98. The van der Waals surface area contributed by atoms with E-state index in [1.807, 2.05) is 7.11 Å². The van der Waals surface area contributed by atoms with E-state index in [1.165, 1.54) is 31.2 Å². The highest BCUT2D eigenvalue weighted by Crippen LogP contribution is 2.38. The van der Waals surface area contributed by atoms with Crippen molar-refractivity contribution in [3.8, 4) is 0 Å². The minimum Gasteiger partial charge on any atom is -0.370 e. The van der Waals surface area contributed by atoms with Crippen molar-refractivity contribution in [1.82, 2.24) is 9.97 Å². The SMILES string of the molecule is CCNc1nc(C2(OC)CCCCCC2)nc(CC)c1C. The fraction of sp³-hybridized carbons (Fsp3) is 0.765. The second-order valence-corrected chi connectivity index (χ2v) is 5.96. The molecule has 1 aromatic heterocycles. The van der Waals surface area contributed by atoms with Gasteiger partial charge in [-0.1, -0.05) is 32.6 Å². The molecule has 0 aliphatic heterocycles. The van der Waals surface area contributed by atoms with E-state index in [9.17, 15) is 0 Å². The summed E-state index contributed by atoms with van der Waals surface area (Å²) in [4.78, 5) is 9.70. The van der Waals surface area contributed by atoms with Crippen LogP contribution in [0.15, 0.2) is 0 Å². The van der Waals surface area contributed by atoms with Crippen LogP contribution in [0.1, 0.15) is 69.5 Å². The van der Waals surface area contributed by atoms with Gasteiger partial charge >= 0.3 is 0 Å². The molecular weight excluding hydrogens is 262 g/mol. The highest BCUT2D eigenvalue weighted by atomic mass is 16.5. The van der Waals surface area contributed by atoms with Crippen LogP contribution in [0.4, 0.5) is 5.82 Å². The summed E-state index contributed by atoms with van der Waals surface area (Å²) in [6.45, 7) is 7.24. The minimum atomic E-state index is -0.293. The van der Waals surface area contributed by atoms with Crippen LogP contribution in [-0.2, 0) is 16.8 Å². The number of methoxy groups -OCH3 is 1. The van der Waals surface area contributed by atoms with Crippen molar-refractivity contribution in [3.63, 3.8) is 0 Å². The fourth-order valence-electron chi connectivity index (χ4n) is 3.27. The number of hydrogen-bond acceptors (Lipinski definition) is 4. The summed E-state index contributed by atoms with van der Waals surface area (Å²) in [5.74, 6) is 1.85. The fourth-order valence-corrected chi connectivity index (χ4v) is 3.27. The van der Waals surface area contributed by atoms with Crippen LogP contribution in [0.25, 0.3) is 0 Å². The molecule has 4 heteroatoms. The first-order valence-electron chi connectivity index (χ1n) is 8.34. The molecule has 0 spiro atoms. The Balaban J connectivity index is 2.46. The van der Waals surface area contributed by atoms with E-state index < -0.39 is 0 Å². The van der Waals surface area contributed by atoms with Crippen molar-refractivity contribution >= 4 is 5.82 Å². The molecule has 1 N–H and O–H groups in total. The largest absolute Gasteiger partial charge is 0.370 e. The monoisotopic (exact) mass is 291 g/mol. The Hall–Kier alpha value is -1.16. The number of rotatable bonds is 5. The first-order chi connectivity index (χ1) is 10.2. The Bertz CT molecular complexity index is 465. The lowest BCUT2D eigenvalue weighted by Crippen LogP contribution is -2.31. The third kappa shape index (κ3) is 3.37. The molecule has 1 fully saturated rings. The van der Waals surface area contributed by atoms with Crippen molar-refractivity contribution in [2.24, 2.45) is 0 Å². The number of ether oxygens (including phenoxy) is 1. The van der Waals surface area contributed by atoms with Gasteiger partial charge in [-0.15, -0.1) is 0 Å². The van der Waals surface area contributed by atoms with E-state index in [-0.39, 0.29) is 5.60 Å². The molecule has 0 bridgehead atoms. The summed E-state index contributed by atoms with van der Waals surface area (Å²) < 4.78 is 5.96. The molecule has 0 aromatic carbocycles. The number of hydrogen-bond donors (Lipinski definition) is 1. The standard InChI is InChI=1S/C17H29N3O/c1-5-14-13(3)15(18-6-2)20-16(19-14)17(21-4)11-9-7-8-10-12-17/h5-12H2,1-4H3,(H,18,19,20). The molecule has 1 aliphatic rings. The van der Waals surface area contributed by atoms with Gasteiger partial charge in [-0.25, -0.2) is 9.97 Å². The summed E-state index contributed by atoms with van der Waals surface area (Å²) in [6, 6.07) is 0. The molecule has 1 aromatic rings. The lowest BCUT2D eigenvalue weighted by atomic mass is 9.92. The second-order valence-electron chi connectivity index (χ2n) is 5.96. The van der Waals surface area contributed by atoms with Crippen LogP contribution in [0, 0.1) is 6.92 Å².